The Morgan fingerprint density at radius 2 is 1.86 bits per heavy atom. The smallest absolute Gasteiger partial charge is 0.0809 e. The molecule has 2 aromatic carbocycles. The summed E-state index contributed by atoms with van der Waals surface area (Å²) >= 11 is 1.83. The molecule has 2 atom stereocenters. The van der Waals surface area contributed by atoms with Gasteiger partial charge in [0.25, 0.3) is 0 Å². The Hall–Kier alpha value is -1.42. The molecule has 0 saturated carbocycles. The topological polar surface area (TPSA) is 32.3 Å². The van der Waals surface area contributed by atoms with Crippen LogP contribution in [0.5, 0.6) is 0 Å². The van der Waals surface area contributed by atoms with Gasteiger partial charge in [0.15, 0.2) is 0 Å². The van der Waals surface area contributed by atoms with Crippen molar-refractivity contribution >= 4 is 31.5 Å². The van der Waals surface area contributed by atoms with Crippen LogP contribution < -0.4 is 5.32 Å². The van der Waals surface area contributed by atoms with E-state index in [2.05, 4.69) is 61.6 Å². The van der Waals surface area contributed by atoms with Crippen molar-refractivity contribution in [3.05, 3.63) is 48.0 Å². The first-order valence-corrected chi connectivity index (χ1v) is 8.69. The molecule has 0 aliphatic rings. The monoisotopic (exact) mass is 313 g/mol. The van der Waals surface area contributed by atoms with E-state index in [1.54, 1.807) is 0 Å². The number of rotatable bonds is 5. The maximum absolute atomic E-state index is 10.7. The van der Waals surface area contributed by atoms with Gasteiger partial charge < -0.3 is 10.4 Å². The van der Waals surface area contributed by atoms with E-state index in [1.807, 2.05) is 18.3 Å². The van der Waals surface area contributed by atoms with Gasteiger partial charge in [0.05, 0.1) is 5.60 Å². The van der Waals surface area contributed by atoms with E-state index in [1.165, 1.54) is 25.7 Å². The molecular weight excluding hydrogens is 290 g/mol. The van der Waals surface area contributed by atoms with Crippen LogP contribution in [-0.4, -0.2) is 23.8 Å². The second-order valence-corrected chi connectivity index (χ2v) is 7.30. The fourth-order valence-corrected chi connectivity index (χ4v) is 3.99. The quantitative estimate of drug-likeness (QED) is 0.726. The molecule has 3 aromatic rings. The van der Waals surface area contributed by atoms with Gasteiger partial charge in [-0.25, -0.2) is 0 Å². The number of aliphatic hydroxyl groups is 1. The van der Waals surface area contributed by atoms with Gasteiger partial charge in [-0.3, -0.25) is 0 Å². The number of hydrogen-bond donors (Lipinski definition) is 2. The van der Waals surface area contributed by atoms with Crippen LogP contribution in [0.1, 0.15) is 32.3 Å². The number of hydrogen-bond acceptors (Lipinski definition) is 3. The summed E-state index contributed by atoms with van der Waals surface area (Å²) in [4.78, 5) is 0. The molecule has 0 radical (unpaired) electrons. The minimum Gasteiger partial charge on any atom is -0.388 e. The number of benzene rings is 2. The van der Waals surface area contributed by atoms with Crippen LogP contribution in [0.15, 0.2) is 42.5 Å². The Bertz CT molecular complexity index is 790. The average molecular weight is 313 g/mol. The highest BCUT2D eigenvalue weighted by Gasteiger charge is 2.29. The summed E-state index contributed by atoms with van der Waals surface area (Å²) < 4.78 is 2.63. The highest BCUT2D eigenvalue weighted by molar-refractivity contribution is 7.25. The lowest BCUT2D eigenvalue weighted by Crippen LogP contribution is -2.42. The third-order valence-corrected chi connectivity index (χ3v) is 5.72. The van der Waals surface area contributed by atoms with Crippen LogP contribution in [-0.2, 0) is 0 Å². The van der Waals surface area contributed by atoms with E-state index in [0.717, 1.165) is 6.54 Å². The molecule has 0 aliphatic heterocycles. The molecule has 1 heterocycles. The van der Waals surface area contributed by atoms with Crippen molar-refractivity contribution in [1.82, 2.24) is 5.32 Å². The minimum atomic E-state index is -0.754. The normalized spacial score (nSPS) is 16.0. The van der Waals surface area contributed by atoms with Gasteiger partial charge in [-0.2, -0.15) is 0 Å². The second kappa shape index (κ2) is 5.99. The number of fused-ring (bicyclic) bond motifs is 3. The van der Waals surface area contributed by atoms with Gasteiger partial charge >= 0.3 is 0 Å². The van der Waals surface area contributed by atoms with Crippen molar-refractivity contribution in [2.24, 2.45) is 0 Å². The summed E-state index contributed by atoms with van der Waals surface area (Å²) in [6, 6.07) is 15.1. The predicted molar refractivity (Wildman–Crippen MR) is 96.9 cm³/mol. The van der Waals surface area contributed by atoms with Crippen molar-refractivity contribution in [3.63, 3.8) is 0 Å². The molecule has 0 bridgehead atoms. The summed E-state index contributed by atoms with van der Waals surface area (Å²) in [6.45, 7) is 7.55. The summed E-state index contributed by atoms with van der Waals surface area (Å²) in [6.07, 6.45) is 0. The van der Waals surface area contributed by atoms with E-state index in [4.69, 9.17) is 0 Å². The predicted octanol–water partition coefficient (Wildman–Crippen LogP) is 4.52. The van der Waals surface area contributed by atoms with E-state index in [0.29, 0.717) is 6.54 Å². The Morgan fingerprint density at radius 1 is 1.14 bits per heavy atom. The zero-order valence-electron chi connectivity index (χ0n) is 13.4. The van der Waals surface area contributed by atoms with Gasteiger partial charge in [0.2, 0.25) is 0 Å². The molecule has 116 valence electrons. The van der Waals surface area contributed by atoms with Crippen LogP contribution in [0, 0.1) is 0 Å². The molecule has 3 rings (SSSR count). The maximum atomic E-state index is 10.7. The Balaban J connectivity index is 2.02. The van der Waals surface area contributed by atoms with E-state index in [9.17, 15) is 5.11 Å². The Kier molecular flexibility index (Phi) is 4.22. The largest absolute Gasteiger partial charge is 0.388 e. The number of likely N-dealkylation sites (N-methyl/N-ethyl adjacent to an activating group) is 1. The van der Waals surface area contributed by atoms with E-state index in [-0.39, 0.29) is 5.92 Å². The van der Waals surface area contributed by atoms with Crippen molar-refractivity contribution in [1.29, 1.82) is 0 Å². The lowest BCUT2D eigenvalue weighted by Gasteiger charge is -2.31. The lowest BCUT2D eigenvalue weighted by atomic mass is 9.84. The minimum absolute atomic E-state index is 0.0783. The van der Waals surface area contributed by atoms with Crippen LogP contribution in [0.3, 0.4) is 0 Å². The zero-order chi connectivity index (χ0) is 15.7. The molecule has 2 nitrogen and oxygen atoms in total. The zero-order valence-corrected chi connectivity index (χ0v) is 14.2. The second-order valence-electron chi connectivity index (χ2n) is 6.21. The van der Waals surface area contributed by atoms with Crippen molar-refractivity contribution in [3.8, 4) is 0 Å². The van der Waals surface area contributed by atoms with Crippen LogP contribution in [0.25, 0.3) is 20.2 Å². The van der Waals surface area contributed by atoms with Crippen molar-refractivity contribution < 1.29 is 5.11 Å². The summed E-state index contributed by atoms with van der Waals surface area (Å²) in [5.41, 5.74) is 0.439. The van der Waals surface area contributed by atoms with E-state index >= 15 is 0 Å². The SMILES string of the molecule is CCNCC(C)(O)C(C)c1ccc2sc3ccccc3c2c1. The fraction of sp³-hybridized carbons (Fsp3) is 0.368. The maximum Gasteiger partial charge on any atom is 0.0809 e. The first-order valence-electron chi connectivity index (χ1n) is 7.87. The van der Waals surface area contributed by atoms with Crippen LogP contribution >= 0.6 is 11.3 Å². The van der Waals surface area contributed by atoms with Crippen molar-refractivity contribution in [2.75, 3.05) is 13.1 Å². The van der Waals surface area contributed by atoms with Crippen molar-refractivity contribution in [2.45, 2.75) is 32.3 Å². The Morgan fingerprint density at radius 3 is 2.64 bits per heavy atom. The standard InChI is InChI=1S/C19H23NOS/c1-4-20-12-19(3,21)13(2)14-9-10-18-16(11-14)15-7-5-6-8-17(15)22-18/h5-11,13,20-21H,4,12H2,1-3H3. The van der Waals surface area contributed by atoms with Gasteiger partial charge in [-0.1, -0.05) is 38.1 Å². The molecule has 2 unspecified atom stereocenters. The molecule has 22 heavy (non-hydrogen) atoms. The first kappa shape index (κ1) is 15.5. The molecule has 0 saturated heterocycles. The third kappa shape index (κ3) is 2.76. The molecule has 0 fully saturated rings. The molecule has 0 spiro atoms. The molecule has 2 N–H and O–H groups in total. The average Bonchev–Trinajstić information content (AvgIpc) is 2.90. The van der Waals surface area contributed by atoms with Gasteiger partial charge in [-0.05, 0) is 37.2 Å². The van der Waals surface area contributed by atoms with Crippen LogP contribution in [0.4, 0.5) is 0 Å². The summed E-state index contributed by atoms with van der Waals surface area (Å²) in [5, 5.41) is 16.6. The lowest BCUT2D eigenvalue weighted by molar-refractivity contribution is 0.0369. The van der Waals surface area contributed by atoms with Gasteiger partial charge in [0.1, 0.15) is 0 Å². The Labute approximate surface area is 135 Å². The molecule has 0 aliphatic carbocycles. The molecular formula is C19H23NOS. The van der Waals surface area contributed by atoms with Crippen LogP contribution in [0.2, 0.25) is 0 Å². The van der Waals surface area contributed by atoms with Gasteiger partial charge in [-0.15, -0.1) is 11.3 Å². The number of nitrogens with one attached hydrogen (secondary N) is 1. The molecule has 0 amide bonds. The molecule has 1 aromatic heterocycles. The first-order chi connectivity index (χ1) is 10.5. The summed E-state index contributed by atoms with van der Waals surface area (Å²) in [7, 11) is 0. The number of thiophene rings is 1. The van der Waals surface area contributed by atoms with Gasteiger partial charge in [0, 0.05) is 32.6 Å². The fourth-order valence-electron chi connectivity index (χ4n) is 2.90. The highest BCUT2D eigenvalue weighted by atomic mass is 32.1. The summed E-state index contributed by atoms with van der Waals surface area (Å²) in [5.74, 6) is 0.0783. The van der Waals surface area contributed by atoms with E-state index < -0.39 is 5.60 Å². The highest BCUT2D eigenvalue weighted by Crippen LogP contribution is 2.37. The molecule has 3 heteroatoms. The third-order valence-electron chi connectivity index (χ3n) is 4.57.